The molecule has 3 nitrogen and oxygen atoms in total. The van der Waals surface area contributed by atoms with Gasteiger partial charge in [0.15, 0.2) is 0 Å². The smallest absolute Gasteiger partial charge is 0.227 e. The van der Waals surface area contributed by atoms with Gasteiger partial charge in [-0.05, 0) is 24.5 Å². The Bertz CT molecular complexity index is 610. The van der Waals surface area contributed by atoms with Gasteiger partial charge in [0, 0.05) is 30.6 Å². The SMILES string of the molecule is O=C(Cc1ccccc1F)N(CCc1nccs1)C1CC1. The second-order valence-corrected chi connectivity index (χ2v) is 6.24. The van der Waals surface area contributed by atoms with Crippen LogP contribution >= 0.6 is 11.3 Å². The number of benzene rings is 1. The molecular formula is C16H17FN2OS. The van der Waals surface area contributed by atoms with Crippen molar-refractivity contribution in [3.63, 3.8) is 0 Å². The summed E-state index contributed by atoms with van der Waals surface area (Å²) in [4.78, 5) is 18.6. The Morgan fingerprint density at radius 2 is 2.19 bits per heavy atom. The largest absolute Gasteiger partial charge is 0.339 e. The molecule has 0 spiro atoms. The molecule has 0 unspecified atom stereocenters. The van der Waals surface area contributed by atoms with Gasteiger partial charge in [-0.25, -0.2) is 9.37 Å². The zero-order valence-electron chi connectivity index (χ0n) is 11.7. The van der Waals surface area contributed by atoms with Gasteiger partial charge in [0.2, 0.25) is 5.91 Å². The number of aromatic nitrogens is 1. The van der Waals surface area contributed by atoms with E-state index in [0.29, 0.717) is 18.2 Å². The molecule has 110 valence electrons. The molecule has 3 rings (SSSR count). The predicted octanol–water partition coefficient (Wildman–Crippen LogP) is 3.06. The number of carbonyl (C=O) groups is 1. The molecule has 0 N–H and O–H groups in total. The highest BCUT2D eigenvalue weighted by Crippen LogP contribution is 2.28. The van der Waals surface area contributed by atoms with E-state index in [1.165, 1.54) is 6.07 Å². The fourth-order valence-corrected chi connectivity index (χ4v) is 3.01. The Hall–Kier alpha value is -1.75. The van der Waals surface area contributed by atoms with Crippen LogP contribution in [-0.4, -0.2) is 28.4 Å². The third-order valence-electron chi connectivity index (χ3n) is 3.66. The average Bonchev–Trinajstić information content (AvgIpc) is 3.17. The van der Waals surface area contributed by atoms with Gasteiger partial charge in [-0.15, -0.1) is 11.3 Å². The fourth-order valence-electron chi connectivity index (χ4n) is 2.40. The van der Waals surface area contributed by atoms with Gasteiger partial charge in [-0.2, -0.15) is 0 Å². The van der Waals surface area contributed by atoms with Gasteiger partial charge >= 0.3 is 0 Å². The van der Waals surface area contributed by atoms with E-state index in [9.17, 15) is 9.18 Å². The highest BCUT2D eigenvalue weighted by molar-refractivity contribution is 7.09. The van der Waals surface area contributed by atoms with Crippen molar-refractivity contribution in [3.05, 3.63) is 52.2 Å². The Kier molecular flexibility index (Phi) is 4.29. The first-order chi connectivity index (χ1) is 10.2. The lowest BCUT2D eigenvalue weighted by atomic mass is 10.1. The van der Waals surface area contributed by atoms with Crippen molar-refractivity contribution in [2.24, 2.45) is 0 Å². The van der Waals surface area contributed by atoms with Crippen LogP contribution in [0.3, 0.4) is 0 Å². The molecule has 1 amide bonds. The monoisotopic (exact) mass is 304 g/mol. The molecule has 1 fully saturated rings. The van der Waals surface area contributed by atoms with E-state index >= 15 is 0 Å². The summed E-state index contributed by atoms with van der Waals surface area (Å²) in [5.41, 5.74) is 0.474. The van der Waals surface area contributed by atoms with Crippen LogP contribution in [0.15, 0.2) is 35.8 Å². The Labute approximate surface area is 127 Å². The third-order valence-corrected chi connectivity index (χ3v) is 4.50. The maximum absolute atomic E-state index is 13.7. The van der Waals surface area contributed by atoms with E-state index < -0.39 is 0 Å². The standard InChI is InChI=1S/C16H17FN2OS/c17-14-4-2-1-3-12(14)11-16(20)19(13-5-6-13)9-7-15-18-8-10-21-15/h1-4,8,10,13H,5-7,9,11H2. The Morgan fingerprint density at radius 1 is 1.38 bits per heavy atom. The molecule has 1 heterocycles. The number of rotatable bonds is 6. The molecule has 5 heteroatoms. The van der Waals surface area contributed by atoms with Crippen LogP contribution in [0.25, 0.3) is 0 Å². The zero-order valence-corrected chi connectivity index (χ0v) is 12.5. The molecule has 0 aliphatic heterocycles. The maximum Gasteiger partial charge on any atom is 0.227 e. The van der Waals surface area contributed by atoms with E-state index in [-0.39, 0.29) is 18.1 Å². The van der Waals surface area contributed by atoms with Crippen LogP contribution in [0.1, 0.15) is 23.4 Å². The van der Waals surface area contributed by atoms with Gasteiger partial charge < -0.3 is 4.90 Å². The number of hydrogen-bond acceptors (Lipinski definition) is 3. The summed E-state index contributed by atoms with van der Waals surface area (Å²) in [5, 5.41) is 2.98. The van der Waals surface area contributed by atoms with Gasteiger partial charge in [0.1, 0.15) is 5.82 Å². The third kappa shape index (κ3) is 3.67. The summed E-state index contributed by atoms with van der Waals surface area (Å²) in [5.74, 6) is -0.291. The average molecular weight is 304 g/mol. The van der Waals surface area contributed by atoms with Gasteiger partial charge in [-0.1, -0.05) is 18.2 Å². The van der Waals surface area contributed by atoms with Gasteiger partial charge in [0.05, 0.1) is 11.4 Å². The van der Waals surface area contributed by atoms with E-state index in [2.05, 4.69) is 4.98 Å². The minimum Gasteiger partial charge on any atom is -0.339 e. The number of hydrogen-bond donors (Lipinski definition) is 0. The van der Waals surface area contributed by atoms with Crippen molar-refractivity contribution >= 4 is 17.2 Å². The van der Waals surface area contributed by atoms with Crippen LogP contribution in [0.5, 0.6) is 0 Å². The molecular weight excluding hydrogens is 287 g/mol. The van der Waals surface area contributed by atoms with Crippen molar-refractivity contribution in [1.82, 2.24) is 9.88 Å². The lowest BCUT2D eigenvalue weighted by molar-refractivity contribution is -0.131. The first-order valence-corrected chi connectivity index (χ1v) is 8.03. The molecule has 0 bridgehead atoms. The minimum atomic E-state index is -0.304. The first kappa shape index (κ1) is 14.2. The zero-order chi connectivity index (χ0) is 14.7. The summed E-state index contributed by atoms with van der Waals surface area (Å²) in [7, 11) is 0. The normalized spacial score (nSPS) is 14.1. The van der Waals surface area contributed by atoms with Crippen LogP contribution in [-0.2, 0) is 17.6 Å². The molecule has 0 atom stereocenters. The maximum atomic E-state index is 13.7. The number of thiazole rings is 1. The van der Waals surface area contributed by atoms with Crippen molar-refractivity contribution in [1.29, 1.82) is 0 Å². The van der Waals surface area contributed by atoms with E-state index in [0.717, 1.165) is 24.3 Å². The Morgan fingerprint density at radius 3 is 2.86 bits per heavy atom. The predicted molar refractivity (Wildman–Crippen MR) is 80.7 cm³/mol. The summed E-state index contributed by atoms with van der Waals surface area (Å²) >= 11 is 1.61. The number of amides is 1. The van der Waals surface area contributed by atoms with Gasteiger partial charge in [-0.3, -0.25) is 4.79 Å². The molecule has 1 aromatic heterocycles. The van der Waals surface area contributed by atoms with Crippen molar-refractivity contribution in [2.45, 2.75) is 31.7 Å². The summed E-state index contributed by atoms with van der Waals surface area (Å²) < 4.78 is 13.7. The molecule has 1 aromatic carbocycles. The summed E-state index contributed by atoms with van der Waals surface area (Å²) in [6, 6.07) is 6.83. The topological polar surface area (TPSA) is 33.2 Å². The molecule has 1 saturated carbocycles. The van der Waals surface area contributed by atoms with Crippen molar-refractivity contribution in [2.75, 3.05) is 6.54 Å². The molecule has 0 saturated heterocycles. The highest BCUT2D eigenvalue weighted by atomic mass is 32.1. The highest BCUT2D eigenvalue weighted by Gasteiger charge is 2.32. The number of carbonyl (C=O) groups excluding carboxylic acids is 1. The summed E-state index contributed by atoms with van der Waals surface area (Å²) in [6.45, 7) is 0.672. The van der Waals surface area contributed by atoms with Crippen molar-refractivity contribution in [3.8, 4) is 0 Å². The van der Waals surface area contributed by atoms with Crippen LogP contribution in [0.2, 0.25) is 0 Å². The molecule has 1 aliphatic rings. The van der Waals surface area contributed by atoms with E-state index in [4.69, 9.17) is 0 Å². The summed E-state index contributed by atoms with van der Waals surface area (Å²) in [6.07, 6.45) is 4.81. The number of nitrogens with zero attached hydrogens (tertiary/aromatic N) is 2. The molecule has 1 aliphatic carbocycles. The molecule has 21 heavy (non-hydrogen) atoms. The molecule has 0 radical (unpaired) electrons. The fraction of sp³-hybridized carbons (Fsp3) is 0.375. The van der Waals surface area contributed by atoms with E-state index in [1.807, 2.05) is 10.3 Å². The van der Waals surface area contributed by atoms with E-state index in [1.54, 1.807) is 35.7 Å². The van der Waals surface area contributed by atoms with Gasteiger partial charge in [0.25, 0.3) is 0 Å². The van der Waals surface area contributed by atoms with Crippen LogP contribution in [0.4, 0.5) is 4.39 Å². The van der Waals surface area contributed by atoms with Crippen LogP contribution in [0, 0.1) is 5.82 Å². The second kappa shape index (κ2) is 6.35. The lowest BCUT2D eigenvalue weighted by Gasteiger charge is -2.22. The second-order valence-electron chi connectivity index (χ2n) is 5.26. The quantitative estimate of drug-likeness (QED) is 0.822. The number of halogens is 1. The van der Waals surface area contributed by atoms with Crippen molar-refractivity contribution < 1.29 is 9.18 Å². The minimum absolute atomic E-state index is 0.0131. The molecule has 2 aromatic rings. The Balaban J connectivity index is 1.63. The lowest BCUT2D eigenvalue weighted by Crippen LogP contribution is -2.36. The first-order valence-electron chi connectivity index (χ1n) is 7.15. The van der Waals surface area contributed by atoms with Crippen LogP contribution < -0.4 is 0 Å².